The van der Waals surface area contributed by atoms with Crippen LogP contribution in [0.3, 0.4) is 0 Å². The van der Waals surface area contributed by atoms with Crippen molar-refractivity contribution in [2.24, 2.45) is 0 Å². The molecule has 1 N–H and O–H groups in total. The molecule has 0 bridgehead atoms. The quantitative estimate of drug-likeness (QED) is 0.783. The number of fused-ring (bicyclic) bond motifs is 1. The van der Waals surface area contributed by atoms with Crippen molar-refractivity contribution >= 4 is 5.65 Å². The summed E-state index contributed by atoms with van der Waals surface area (Å²) in [7, 11) is 0. The first-order chi connectivity index (χ1) is 10.2. The third kappa shape index (κ3) is 3.08. The zero-order valence-corrected chi connectivity index (χ0v) is 11.8. The molecule has 2 heterocycles. The Morgan fingerprint density at radius 2 is 1.95 bits per heavy atom. The molecule has 0 amide bonds. The van der Waals surface area contributed by atoms with Crippen LogP contribution in [0.4, 0.5) is 4.39 Å². The van der Waals surface area contributed by atoms with E-state index in [9.17, 15) is 4.39 Å². The number of hydrogen-bond donors (Lipinski definition) is 1. The van der Waals surface area contributed by atoms with E-state index in [1.807, 2.05) is 28.8 Å². The van der Waals surface area contributed by atoms with Crippen molar-refractivity contribution in [2.75, 3.05) is 6.54 Å². The van der Waals surface area contributed by atoms with Crippen LogP contribution < -0.4 is 5.32 Å². The molecule has 1 unspecified atom stereocenters. The molecule has 1 aromatic carbocycles. The summed E-state index contributed by atoms with van der Waals surface area (Å²) in [5.41, 5.74) is 1.93. The molecule has 0 saturated heterocycles. The maximum atomic E-state index is 12.9. The van der Waals surface area contributed by atoms with Gasteiger partial charge >= 0.3 is 0 Å². The Labute approximate surface area is 122 Å². The summed E-state index contributed by atoms with van der Waals surface area (Å²) >= 11 is 0. The molecule has 4 nitrogen and oxygen atoms in total. The highest BCUT2D eigenvalue weighted by molar-refractivity contribution is 5.37. The summed E-state index contributed by atoms with van der Waals surface area (Å²) in [6.07, 6.45) is 2.75. The summed E-state index contributed by atoms with van der Waals surface area (Å²) in [5.74, 6) is 0.727. The topological polar surface area (TPSA) is 42.2 Å². The minimum atomic E-state index is -0.208. The molecule has 0 aliphatic heterocycles. The van der Waals surface area contributed by atoms with E-state index >= 15 is 0 Å². The van der Waals surface area contributed by atoms with E-state index in [0.29, 0.717) is 0 Å². The van der Waals surface area contributed by atoms with Gasteiger partial charge in [-0.15, -0.1) is 10.2 Å². The Morgan fingerprint density at radius 1 is 1.14 bits per heavy atom. The predicted molar refractivity (Wildman–Crippen MR) is 79.5 cm³/mol. The Morgan fingerprint density at radius 3 is 2.76 bits per heavy atom. The van der Waals surface area contributed by atoms with Crippen molar-refractivity contribution in [1.29, 1.82) is 0 Å². The highest BCUT2D eigenvalue weighted by atomic mass is 19.1. The number of nitrogens with zero attached hydrogens (tertiary/aromatic N) is 3. The first-order valence-electron chi connectivity index (χ1n) is 7.01. The van der Waals surface area contributed by atoms with Crippen LogP contribution in [0, 0.1) is 5.82 Å². The van der Waals surface area contributed by atoms with Gasteiger partial charge in [-0.3, -0.25) is 4.40 Å². The maximum Gasteiger partial charge on any atom is 0.160 e. The predicted octanol–water partition coefficient (Wildman–Crippen LogP) is 2.76. The van der Waals surface area contributed by atoms with Crippen LogP contribution in [0.25, 0.3) is 5.65 Å². The summed E-state index contributed by atoms with van der Waals surface area (Å²) in [4.78, 5) is 0. The summed E-state index contributed by atoms with van der Waals surface area (Å²) in [6, 6.07) is 12.6. The molecule has 2 aromatic heterocycles. The normalized spacial score (nSPS) is 12.7. The fourth-order valence-electron chi connectivity index (χ4n) is 2.33. The maximum absolute atomic E-state index is 12.9. The van der Waals surface area contributed by atoms with Crippen LogP contribution in [-0.4, -0.2) is 21.1 Å². The second-order valence-electron chi connectivity index (χ2n) is 5.02. The molecule has 0 aliphatic carbocycles. The third-order valence-corrected chi connectivity index (χ3v) is 3.55. The Balaban J connectivity index is 1.59. The minimum absolute atomic E-state index is 0.171. The molecule has 3 rings (SSSR count). The molecule has 3 aromatic rings. The number of hydrogen-bond acceptors (Lipinski definition) is 3. The van der Waals surface area contributed by atoms with Gasteiger partial charge < -0.3 is 5.32 Å². The van der Waals surface area contributed by atoms with Crippen LogP contribution in [0.5, 0.6) is 0 Å². The van der Waals surface area contributed by atoms with Crippen molar-refractivity contribution in [2.45, 2.75) is 19.4 Å². The van der Waals surface area contributed by atoms with Crippen LogP contribution in [0.15, 0.2) is 48.7 Å². The van der Waals surface area contributed by atoms with Gasteiger partial charge in [0.15, 0.2) is 5.65 Å². The number of nitrogens with one attached hydrogen (secondary N) is 1. The zero-order valence-electron chi connectivity index (χ0n) is 11.8. The molecule has 1 atom stereocenters. The lowest BCUT2D eigenvalue weighted by Crippen LogP contribution is -2.22. The van der Waals surface area contributed by atoms with Gasteiger partial charge in [-0.25, -0.2) is 4.39 Å². The Bertz CT molecular complexity index is 720. The molecule has 5 heteroatoms. The zero-order chi connectivity index (χ0) is 14.7. The van der Waals surface area contributed by atoms with E-state index in [1.54, 1.807) is 12.1 Å². The average Bonchev–Trinajstić information content (AvgIpc) is 2.91. The fourth-order valence-corrected chi connectivity index (χ4v) is 2.33. The molecule has 0 aliphatic rings. The van der Waals surface area contributed by atoms with Gasteiger partial charge in [-0.2, -0.15) is 0 Å². The molecule has 0 radical (unpaired) electrons. The second-order valence-corrected chi connectivity index (χ2v) is 5.02. The molecule has 0 saturated carbocycles. The van der Waals surface area contributed by atoms with E-state index in [1.165, 1.54) is 12.1 Å². The van der Waals surface area contributed by atoms with Crippen molar-refractivity contribution in [3.63, 3.8) is 0 Å². The van der Waals surface area contributed by atoms with E-state index in [2.05, 4.69) is 22.4 Å². The molecule has 0 spiro atoms. The lowest BCUT2D eigenvalue weighted by Gasteiger charge is -2.13. The summed E-state index contributed by atoms with van der Waals surface area (Å²) in [6.45, 7) is 2.85. The van der Waals surface area contributed by atoms with Crippen LogP contribution in [0.1, 0.15) is 24.4 Å². The van der Waals surface area contributed by atoms with Gasteiger partial charge in [0.1, 0.15) is 11.6 Å². The van der Waals surface area contributed by atoms with Gasteiger partial charge in [-0.1, -0.05) is 18.2 Å². The second kappa shape index (κ2) is 6.01. The number of aromatic nitrogens is 3. The summed E-state index contributed by atoms with van der Waals surface area (Å²) < 4.78 is 14.9. The highest BCUT2D eigenvalue weighted by Crippen LogP contribution is 2.12. The van der Waals surface area contributed by atoms with Crippen molar-refractivity contribution < 1.29 is 4.39 Å². The summed E-state index contributed by atoms with van der Waals surface area (Å²) in [5, 5.41) is 11.7. The first kappa shape index (κ1) is 13.7. The lowest BCUT2D eigenvalue weighted by molar-refractivity contribution is 0.566. The smallest absolute Gasteiger partial charge is 0.160 e. The van der Waals surface area contributed by atoms with Crippen molar-refractivity contribution in [3.8, 4) is 0 Å². The minimum Gasteiger partial charge on any atom is -0.310 e. The monoisotopic (exact) mass is 284 g/mol. The number of rotatable bonds is 5. The van der Waals surface area contributed by atoms with Crippen molar-refractivity contribution in [3.05, 3.63) is 65.9 Å². The van der Waals surface area contributed by atoms with Gasteiger partial charge in [-0.05, 0) is 36.8 Å². The highest BCUT2D eigenvalue weighted by Gasteiger charge is 2.07. The van der Waals surface area contributed by atoms with Crippen molar-refractivity contribution in [1.82, 2.24) is 19.9 Å². The fraction of sp³-hybridized carbons (Fsp3) is 0.250. The largest absolute Gasteiger partial charge is 0.310 e. The standard InChI is InChI=1S/C16H17FN4/c1-12(13-5-7-14(17)8-6-13)18-10-9-16-20-19-15-4-2-3-11-21(15)16/h2-8,11-12,18H,9-10H2,1H3. The molecule has 108 valence electrons. The number of benzene rings is 1. The molecule has 21 heavy (non-hydrogen) atoms. The van der Waals surface area contributed by atoms with E-state index in [0.717, 1.165) is 30.0 Å². The van der Waals surface area contributed by atoms with Crippen LogP contribution in [0.2, 0.25) is 0 Å². The van der Waals surface area contributed by atoms with E-state index in [-0.39, 0.29) is 11.9 Å². The first-order valence-corrected chi connectivity index (χ1v) is 7.01. The van der Waals surface area contributed by atoms with Gasteiger partial charge in [0.25, 0.3) is 0 Å². The van der Waals surface area contributed by atoms with Gasteiger partial charge in [0.05, 0.1) is 0 Å². The number of halogens is 1. The number of pyridine rings is 1. The lowest BCUT2D eigenvalue weighted by atomic mass is 10.1. The van der Waals surface area contributed by atoms with Crippen LogP contribution >= 0.6 is 0 Å². The average molecular weight is 284 g/mol. The SMILES string of the molecule is CC(NCCc1nnc2ccccn12)c1ccc(F)cc1. The third-order valence-electron chi connectivity index (χ3n) is 3.55. The van der Waals surface area contributed by atoms with Gasteiger partial charge in [0.2, 0.25) is 0 Å². The van der Waals surface area contributed by atoms with Gasteiger partial charge in [0, 0.05) is 25.2 Å². The van der Waals surface area contributed by atoms with E-state index in [4.69, 9.17) is 0 Å². The van der Waals surface area contributed by atoms with E-state index < -0.39 is 0 Å². The molecule has 0 fully saturated rings. The molecular formula is C16H17FN4. The van der Waals surface area contributed by atoms with Crippen LogP contribution in [-0.2, 0) is 6.42 Å². The molecular weight excluding hydrogens is 267 g/mol. The Hall–Kier alpha value is -2.27. The Kier molecular flexibility index (Phi) is 3.92.